The zero-order valence-electron chi connectivity index (χ0n) is 20.8. The van der Waals surface area contributed by atoms with Crippen molar-refractivity contribution in [2.45, 2.75) is 96.3 Å². The molecular formula is C31H42ClNO. The molecule has 0 heterocycles. The molecule has 0 aliphatic heterocycles. The van der Waals surface area contributed by atoms with Gasteiger partial charge in [-0.25, -0.2) is 0 Å². The van der Waals surface area contributed by atoms with Crippen LogP contribution in [0.4, 0.5) is 5.69 Å². The molecule has 0 aromatic heterocycles. The van der Waals surface area contributed by atoms with E-state index >= 15 is 0 Å². The van der Waals surface area contributed by atoms with E-state index in [4.69, 9.17) is 11.6 Å². The van der Waals surface area contributed by atoms with Crippen LogP contribution in [0.1, 0.15) is 112 Å². The van der Waals surface area contributed by atoms with Gasteiger partial charge in [0.2, 0.25) is 0 Å². The normalized spacial score (nSPS) is 10.5. The minimum Gasteiger partial charge on any atom is -0.385 e. The van der Waals surface area contributed by atoms with Crippen molar-refractivity contribution < 1.29 is 4.79 Å². The summed E-state index contributed by atoms with van der Waals surface area (Å²) >= 11 is 5.89. The monoisotopic (exact) mass is 479 g/mol. The molecule has 2 rings (SSSR count). The molecule has 0 amide bonds. The Labute approximate surface area is 212 Å². The van der Waals surface area contributed by atoms with E-state index in [1.807, 2.05) is 48.5 Å². The third kappa shape index (κ3) is 14.1. The first-order valence-electron chi connectivity index (χ1n) is 13.3. The van der Waals surface area contributed by atoms with Gasteiger partial charge in [-0.2, -0.15) is 0 Å². The summed E-state index contributed by atoms with van der Waals surface area (Å²) in [5.41, 5.74) is 2.89. The highest BCUT2D eigenvalue weighted by atomic mass is 35.5. The van der Waals surface area contributed by atoms with Crippen molar-refractivity contribution in [2.75, 3.05) is 11.9 Å². The van der Waals surface area contributed by atoms with Gasteiger partial charge in [0, 0.05) is 34.8 Å². The predicted octanol–water partition coefficient (Wildman–Crippen LogP) is 9.47. The Kier molecular flexibility index (Phi) is 15.7. The Morgan fingerprint density at radius 2 is 1.15 bits per heavy atom. The summed E-state index contributed by atoms with van der Waals surface area (Å²) in [7, 11) is 0. The molecule has 0 spiro atoms. The summed E-state index contributed by atoms with van der Waals surface area (Å²) in [4.78, 5) is 10.7. The number of carbonyl (C=O) groups is 1. The van der Waals surface area contributed by atoms with Crippen LogP contribution in [0.15, 0.2) is 48.5 Å². The molecule has 0 fully saturated rings. The molecule has 0 bridgehead atoms. The second-order valence-corrected chi connectivity index (χ2v) is 9.61. The van der Waals surface area contributed by atoms with Gasteiger partial charge in [-0.05, 0) is 61.4 Å². The van der Waals surface area contributed by atoms with E-state index in [2.05, 4.69) is 17.2 Å². The van der Waals surface area contributed by atoms with Gasteiger partial charge in [0.15, 0.2) is 0 Å². The van der Waals surface area contributed by atoms with E-state index in [0.717, 1.165) is 41.1 Å². The number of rotatable bonds is 18. The fraction of sp³-hybridized carbons (Fsp3) is 0.516. The number of anilines is 1. The number of hydrogen-bond acceptors (Lipinski definition) is 2. The molecule has 0 aliphatic carbocycles. The van der Waals surface area contributed by atoms with Crippen molar-refractivity contribution in [3.8, 4) is 11.8 Å². The molecule has 2 aromatic carbocycles. The summed E-state index contributed by atoms with van der Waals surface area (Å²) in [5, 5.41) is 4.20. The van der Waals surface area contributed by atoms with Crippen LogP contribution in [0.3, 0.4) is 0 Å². The SMILES string of the molecule is O=Cc1ccc(NCCCCCCCCCCCCCCCCC#Cc2ccc(Cl)cc2)cc1. The number of unbranched alkanes of at least 4 members (excludes halogenated alkanes) is 14. The topological polar surface area (TPSA) is 29.1 Å². The van der Waals surface area contributed by atoms with E-state index in [1.54, 1.807) is 0 Å². The standard InChI is InChI=1S/C31H42ClNO/c32-30-22-18-28(19-23-30)17-15-13-11-9-7-5-3-1-2-4-6-8-10-12-14-16-26-33-31-24-20-29(27-34)21-25-31/h18-25,27,33H,1-14,16,26H2. The smallest absolute Gasteiger partial charge is 0.150 e. The van der Waals surface area contributed by atoms with Gasteiger partial charge in [-0.1, -0.05) is 100 Å². The Morgan fingerprint density at radius 3 is 1.68 bits per heavy atom. The average molecular weight is 480 g/mol. The van der Waals surface area contributed by atoms with E-state index < -0.39 is 0 Å². The van der Waals surface area contributed by atoms with Gasteiger partial charge in [0.05, 0.1) is 0 Å². The Hall–Kier alpha value is -2.24. The number of aldehydes is 1. The lowest BCUT2D eigenvalue weighted by atomic mass is 10.0. The van der Waals surface area contributed by atoms with Crippen molar-refractivity contribution >= 4 is 23.6 Å². The van der Waals surface area contributed by atoms with Crippen molar-refractivity contribution in [3.05, 3.63) is 64.7 Å². The van der Waals surface area contributed by atoms with Crippen LogP contribution in [-0.4, -0.2) is 12.8 Å². The first-order chi connectivity index (χ1) is 16.8. The largest absolute Gasteiger partial charge is 0.385 e. The first-order valence-corrected chi connectivity index (χ1v) is 13.7. The van der Waals surface area contributed by atoms with E-state index in [0.29, 0.717) is 0 Å². The number of halogens is 1. The van der Waals surface area contributed by atoms with Crippen LogP contribution >= 0.6 is 11.6 Å². The molecule has 34 heavy (non-hydrogen) atoms. The maximum atomic E-state index is 10.7. The predicted molar refractivity (Wildman–Crippen MR) is 148 cm³/mol. The van der Waals surface area contributed by atoms with E-state index in [9.17, 15) is 4.79 Å². The Morgan fingerprint density at radius 1 is 0.647 bits per heavy atom. The van der Waals surface area contributed by atoms with Gasteiger partial charge in [0.1, 0.15) is 6.29 Å². The van der Waals surface area contributed by atoms with Crippen LogP contribution in [-0.2, 0) is 0 Å². The second-order valence-electron chi connectivity index (χ2n) is 9.18. The highest BCUT2D eigenvalue weighted by Gasteiger charge is 1.96. The minimum atomic E-state index is 0.731. The van der Waals surface area contributed by atoms with Gasteiger partial charge in [-0.3, -0.25) is 4.79 Å². The first kappa shape index (κ1) is 28.0. The molecule has 0 aliphatic rings. The number of nitrogens with one attached hydrogen (secondary N) is 1. The number of benzene rings is 2. The van der Waals surface area contributed by atoms with E-state index in [-0.39, 0.29) is 0 Å². The lowest BCUT2D eigenvalue weighted by Gasteiger charge is -2.06. The van der Waals surface area contributed by atoms with E-state index in [1.165, 1.54) is 89.9 Å². The molecule has 2 aromatic rings. The minimum absolute atomic E-state index is 0.731. The molecule has 1 N–H and O–H groups in total. The molecule has 184 valence electrons. The van der Waals surface area contributed by atoms with Crippen LogP contribution in [0.5, 0.6) is 0 Å². The van der Waals surface area contributed by atoms with Crippen molar-refractivity contribution in [2.24, 2.45) is 0 Å². The fourth-order valence-corrected chi connectivity index (χ4v) is 4.20. The quantitative estimate of drug-likeness (QED) is 0.131. The molecular weight excluding hydrogens is 438 g/mol. The average Bonchev–Trinajstić information content (AvgIpc) is 2.87. The van der Waals surface area contributed by atoms with Gasteiger partial charge in [-0.15, -0.1) is 0 Å². The third-order valence-electron chi connectivity index (χ3n) is 6.18. The molecule has 3 heteroatoms. The maximum absolute atomic E-state index is 10.7. The Bertz CT molecular complexity index is 832. The van der Waals surface area contributed by atoms with Crippen LogP contribution < -0.4 is 5.32 Å². The summed E-state index contributed by atoms with van der Waals surface area (Å²) < 4.78 is 0. The number of carbonyl (C=O) groups excluding carboxylic acids is 1. The van der Waals surface area contributed by atoms with Crippen molar-refractivity contribution in [1.82, 2.24) is 0 Å². The second kappa shape index (κ2) is 19.1. The van der Waals surface area contributed by atoms with Gasteiger partial charge >= 0.3 is 0 Å². The van der Waals surface area contributed by atoms with Crippen LogP contribution in [0, 0.1) is 11.8 Å². The molecule has 0 atom stereocenters. The molecule has 0 saturated heterocycles. The van der Waals surface area contributed by atoms with Crippen molar-refractivity contribution in [3.63, 3.8) is 0 Å². The van der Waals surface area contributed by atoms with Gasteiger partial charge < -0.3 is 5.32 Å². The highest BCUT2D eigenvalue weighted by Crippen LogP contribution is 2.14. The zero-order valence-corrected chi connectivity index (χ0v) is 21.6. The summed E-state index contributed by atoms with van der Waals surface area (Å²) in [6.45, 7) is 1.01. The fourth-order valence-electron chi connectivity index (χ4n) is 4.07. The lowest BCUT2D eigenvalue weighted by Crippen LogP contribution is -2.01. The van der Waals surface area contributed by atoms with Crippen LogP contribution in [0.2, 0.25) is 5.02 Å². The highest BCUT2D eigenvalue weighted by molar-refractivity contribution is 6.30. The van der Waals surface area contributed by atoms with Crippen molar-refractivity contribution in [1.29, 1.82) is 0 Å². The molecule has 0 unspecified atom stereocenters. The lowest BCUT2D eigenvalue weighted by molar-refractivity contribution is 0.112. The molecule has 2 nitrogen and oxygen atoms in total. The zero-order chi connectivity index (χ0) is 24.1. The maximum Gasteiger partial charge on any atom is 0.150 e. The van der Waals surface area contributed by atoms with Gasteiger partial charge in [0.25, 0.3) is 0 Å². The molecule has 0 saturated carbocycles. The third-order valence-corrected chi connectivity index (χ3v) is 6.43. The summed E-state index contributed by atoms with van der Waals surface area (Å²) in [5.74, 6) is 6.49. The Balaban J connectivity index is 1.27. The summed E-state index contributed by atoms with van der Waals surface area (Å²) in [6, 6.07) is 15.4. The van der Waals surface area contributed by atoms with Crippen LogP contribution in [0.25, 0.3) is 0 Å². The molecule has 0 radical (unpaired) electrons. The number of hydrogen-bond donors (Lipinski definition) is 1. The summed E-state index contributed by atoms with van der Waals surface area (Å²) in [6.07, 6.45) is 20.7.